The van der Waals surface area contributed by atoms with E-state index in [1.54, 1.807) is 24.3 Å². The molecule has 1 aromatic carbocycles. The second kappa shape index (κ2) is 3.20. The van der Waals surface area contributed by atoms with Gasteiger partial charge in [0.1, 0.15) is 0 Å². The van der Waals surface area contributed by atoms with E-state index in [1.165, 1.54) is 12.5 Å². The van der Waals surface area contributed by atoms with E-state index in [0.29, 0.717) is 11.2 Å². The third-order valence-corrected chi connectivity index (χ3v) is 3.22. The lowest BCUT2D eigenvalue weighted by molar-refractivity contribution is 0.602. The van der Waals surface area contributed by atoms with Crippen LogP contribution in [-0.4, -0.2) is 19.7 Å². The molecule has 0 radical (unpaired) electrons. The van der Waals surface area contributed by atoms with Gasteiger partial charge in [-0.25, -0.2) is 8.42 Å². The number of anilines is 1. The summed E-state index contributed by atoms with van der Waals surface area (Å²) >= 11 is 0. The summed E-state index contributed by atoms with van der Waals surface area (Å²) in [5.41, 5.74) is 6.56. The number of hydrogen-bond donors (Lipinski definition) is 1. The van der Waals surface area contributed by atoms with Crippen molar-refractivity contribution in [2.75, 3.05) is 12.0 Å². The highest BCUT2D eigenvalue weighted by Crippen LogP contribution is 2.22. The predicted octanol–water partition coefficient (Wildman–Crippen LogP) is 1.22. The van der Waals surface area contributed by atoms with E-state index >= 15 is 0 Å². The van der Waals surface area contributed by atoms with E-state index in [-0.39, 0.29) is 4.90 Å². The number of rotatable bonds is 1. The van der Waals surface area contributed by atoms with Crippen LogP contribution in [0, 0.1) is 0 Å². The lowest BCUT2D eigenvalue weighted by Crippen LogP contribution is -1.99. The fourth-order valence-corrected chi connectivity index (χ4v) is 2.30. The van der Waals surface area contributed by atoms with Crippen LogP contribution in [0.1, 0.15) is 0 Å². The number of sulfone groups is 1. The predicted molar refractivity (Wildman–Crippen MR) is 59.3 cm³/mol. The van der Waals surface area contributed by atoms with E-state index < -0.39 is 9.84 Å². The summed E-state index contributed by atoms with van der Waals surface area (Å²) in [5, 5.41) is 0.734. The van der Waals surface area contributed by atoms with E-state index in [2.05, 4.69) is 4.98 Å². The average Bonchev–Trinajstić information content (AvgIpc) is 2.15. The Labute approximate surface area is 87.7 Å². The molecular weight excluding hydrogens is 212 g/mol. The van der Waals surface area contributed by atoms with Gasteiger partial charge in [-0.3, -0.25) is 4.98 Å². The van der Waals surface area contributed by atoms with Crippen LogP contribution in [0.2, 0.25) is 0 Å². The standard InChI is InChI=1S/C10H10N2O2S/c1-15(13,14)9-4-2-3-7-5-8(11)6-12-10(7)9/h2-6H,11H2,1H3. The Balaban J connectivity index is 2.89. The van der Waals surface area contributed by atoms with E-state index in [4.69, 9.17) is 5.73 Å². The van der Waals surface area contributed by atoms with Gasteiger partial charge in [-0.15, -0.1) is 0 Å². The SMILES string of the molecule is CS(=O)(=O)c1cccc2cc(N)cnc12. The minimum atomic E-state index is -3.25. The molecule has 1 heterocycles. The van der Waals surface area contributed by atoms with E-state index in [1.807, 2.05) is 0 Å². The Morgan fingerprint density at radius 2 is 2.07 bits per heavy atom. The van der Waals surface area contributed by atoms with Crippen LogP contribution in [0.25, 0.3) is 10.9 Å². The number of para-hydroxylation sites is 1. The Morgan fingerprint density at radius 1 is 1.33 bits per heavy atom. The maximum absolute atomic E-state index is 11.5. The molecule has 0 spiro atoms. The molecule has 78 valence electrons. The maximum atomic E-state index is 11.5. The summed E-state index contributed by atoms with van der Waals surface area (Å²) in [7, 11) is -3.25. The molecule has 15 heavy (non-hydrogen) atoms. The summed E-state index contributed by atoms with van der Waals surface area (Å²) in [6.45, 7) is 0. The van der Waals surface area contributed by atoms with Gasteiger partial charge in [0.25, 0.3) is 0 Å². The molecule has 4 nitrogen and oxygen atoms in total. The molecule has 0 amide bonds. The molecule has 0 atom stereocenters. The third kappa shape index (κ3) is 1.78. The lowest BCUT2D eigenvalue weighted by Gasteiger charge is -2.03. The van der Waals surface area contributed by atoms with Gasteiger partial charge in [-0.05, 0) is 12.1 Å². The van der Waals surface area contributed by atoms with Crippen molar-refractivity contribution in [2.45, 2.75) is 4.90 Å². The van der Waals surface area contributed by atoms with Crippen LogP contribution in [-0.2, 0) is 9.84 Å². The van der Waals surface area contributed by atoms with Crippen molar-refractivity contribution < 1.29 is 8.42 Å². The van der Waals surface area contributed by atoms with Gasteiger partial charge >= 0.3 is 0 Å². The van der Waals surface area contributed by atoms with Crippen molar-refractivity contribution >= 4 is 26.4 Å². The monoisotopic (exact) mass is 222 g/mol. The van der Waals surface area contributed by atoms with Crippen molar-refractivity contribution in [3.63, 3.8) is 0 Å². The highest BCUT2D eigenvalue weighted by molar-refractivity contribution is 7.91. The molecule has 0 fully saturated rings. The molecule has 0 aliphatic heterocycles. The highest BCUT2D eigenvalue weighted by atomic mass is 32.2. The average molecular weight is 222 g/mol. The molecule has 5 heteroatoms. The quantitative estimate of drug-likeness (QED) is 0.787. The number of nitrogen functional groups attached to an aromatic ring is 1. The molecule has 2 N–H and O–H groups in total. The van der Waals surface area contributed by atoms with Gasteiger partial charge in [-0.1, -0.05) is 12.1 Å². The molecule has 0 aliphatic rings. The molecule has 0 bridgehead atoms. The summed E-state index contributed by atoms with van der Waals surface area (Å²) < 4.78 is 22.9. The third-order valence-electron chi connectivity index (χ3n) is 2.09. The number of aromatic nitrogens is 1. The van der Waals surface area contributed by atoms with Crippen LogP contribution in [0.5, 0.6) is 0 Å². The van der Waals surface area contributed by atoms with Crippen LogP contribution in [0.15, 0.2) is 35.4 Å². The molecule has 2 rings (SSSR count). The van der Waals surface area contributed by atoms with E-state index in [0.717, 1.165) is 5.39 Å². The summed E-state index contributed by atoms with van der Waals surface area (Å²) in [6, 6.07) is 6.71. The summed E-state index contributed by atoms with van der Waals surface area (Å²) in [4.78, 5) is 4.28. The van der Waals surface area contributed by atoms with Crippen molar-refractivity contribution in [3.8, 4) is 0 Å². The second-order valence-electron chi connectivity index (χ2n) is 3.37. The van der Waals surface area contributed by atoms with E-state index in [9.17, 15) is 8.42 Å². The zero-order valence-corrected chi connectivity index (χ0v) is 8.95. The first-order valence-corrected chi connectivity index (χ1v) is 6.22. The van der Waals surface area contributed by atoms with Crippen LogP contribution >= 0.6 is 0 Å². The van der Waals surface area contributed by atoms with Crippen LogP contribution in [0.4, 0.5) is 5.69 Å². The first-order valence-electron chi connectivity index (χ1n) is 4.33. The van der Waals surface area contributed by atoms with Crippen LogP contribution < -0.4 is 5.73 Å². The highest BCUT2D eigenvalue weighted by Gasteiger charge is 2.12. The van der Waals surface area contributed by atoms with Crippen molar-refractivity contribution in [1.82, 2.24) is 4.98 Å². The molecule has 0 aliphatic carbocycles. The smallest absolute Gasteiger partial charge is 0.177 e. The number of fused-ring (bicyclic) bond motifs is 1. The van der Waals surface area contributed by atoms with Gasteiger partial charge in [0.15, 0.2) is 9.84 Å². The van der Waals surface area contributed by atoms with Crippen molar-refractivity contribution in [1.29, 1.82) is 0 Å². The molecule has 0 unspecified atom stereocenters. The number of nitrogens with zero attached hydrogens (tertiary/aromatic N) is 1. The van der Waals surface area contributed by atoms with Crippen molar-refractivity contribution in [2.24, 2.45) is 0 Å². The topological polar surface area (TPSA) is 73.0 Å². The largest absolute Gasteiger partial charge is 0.397 e. The number of pyridine rings is 1. The fraction of sp³-hybridized carbons (Fsp3) is 0.100. The van der Waals surface area contributed by atoms with Gasteiger partial charge in [0, 0.05) is 11.6 Å². The second-order valence-corrected chi connectivity index (χ2v) is 5.35. The Hall–Kier alpha value is -1.62. The van der Waals surface area contributed by atoms with Crippen LogP contribution in [0.3, 0.4) is 0 Å². The summed E-state index contributed by atoms with van der Waals surface area (Å²) in [5.74, 6) is 0. The molecule has 0 saturated heterocycles. The minimum Gasteiger partial charge on any atom is -0.397 e. The van der Waals surface area contributed by atoms with Crippen molar-refractivity contribution in [3.05, 3.63) is 30.5 Å². The normalized spacial score (nSPS) is 11.8. The maximum Gasteiger partial charge on any atom is 0.177 e. The summed E-state index contributed by atoms with van der Waals surface area (Å²) in [6.07, 6.45) is 2.62. The van der Waals surface area contributed by atoms with Gasteiger partial charge < -0.3 is 5.73 Å². The van der Waals surface area contributed by atoms with Gasteiger partial charge in [-0.2, -0.15) is 0 Å². The Kier molecular flexibility index (Phi) is 2.12. The first kappa shape index (κ1) is 9.92. The molecular formula is C10H10N2O2S. The zero-order valence-electron chi connectivity index (χ0n) is 8.14. The molecule has 2 aromatic rings. The lowest BCUT2D eigenvalue weighted by atomic mass is 10.2. The number of benzene rings is 1. The first-order chi connectivity index (χ1) is 6.98. The van der Waals surface area contributed by atoms with Gasteiger partial charge in [0.05, 0.1) is 22.3 Å². The fourth-order valence-electron chi connectivity index (χ4n) is 1.45. The Bertz CT molecular complexity index is 620. The Morgan fingerprint density at radius 3 is 2.73 bits per heavy atom. The zero-order chi connectivity index (χ0) is 11.1. The molecule has 0 saturated carbocycles. The number of nitrogens with two attached hydrogens (primary N) is 1. The van der Waals surface area contributed by atoms with Gasteiger partial charge in [0.2, 0.25) is 0 Å². The number of hydrogen-bond acceptors (Lipinski definition) is 4. The minimum absolute atomic E-state index is 0.236. The molecule has 1 aromatic heterocycles.